The zero-order valence-corrected chi connectivity index (χ0v) is 17.2. The van der Waals surface area contributed by atoms with Crippen LogP contribution < -0.4 is 5.32 Å². The molecule has 0 atom stereocenters. The van der Waals surface area contributed by atoms with Crippen LogP contribution in [0.4, 0.5) is 18.9 Å². The highest BCUT2D eigenvalue weighted by Crippen LogP contribution is 2.37. The SMILES string of the molecule is CC(C)(C(=O)Nc1ccc(C(F)(F)F)cc1-c1nccs1)n1cc(I)cn1. The molecule has 0 spiro atoms. The quantitative estimate of drug-likeness (QED) is 0.507. The molecular formula is C17H14F3IN4OS. The molecule has 1 N–H and O–H groups in total. The number of aromatic nitrogens is 3. The van der Waals surface area contributed by atoms with Crippen LogP contribution >= 0.6 is 33.9 Å². The first-order chi connectivity index (χ1) is 12.6. The molecule has 0 aliphatic carbocycles. The summed E-state index contributed by atoms with van der Waals surface area (Å²) in [5.74, 6) is -0.403. The van der Waals surface area contributed by atoms with Gasteiger partial charge in [-0.1, -0.05) is 0 Å². The van der Waals surface area contributed by atoms with Gasteiger partial charge in [0, 0.05) is 23.3 Å². The van der Waals surface area contributed by atoms with Crippen molar-refractivity contribution in [3.8, 4) is 10.6 Å². The van der Waals surface area contributed by atoms with E-state index in [-0.39, 0.29) is 11.3 Å². The number of nitrogens with zero attached hydrogens (tertiary/aromatic N) is 3. The van der Waals surface area contributed by atoms with E-state index >= 15 is 0 Å². The zero-order valence-electron chi connectivity index (χ0n) is 14.2. The van der Waals surface area contributed by atoms with Gasteiger partial charge in [0.1, 0.15) is 10.5 Å². The minimum Gasteiger partial charge on any atom is -0.323 e. The number of amides is 1. The van der Waals surface area contributed by atoms with Gasteiger partial charge < -0.3 is 5.32 Å². The first kappa shape index (κ1) is 19.8. The number of hydrogen-bond donors (Lipinski definition) is 1. The number of halogens is 4. The Hall–Kier alpha value is -1.95. The van der Waals surface area contributed by atoms with Gasteiger partial charge in [-0.05, 0) is 54.6 Å². The molecule has 27 heavy (non-hydrogen) atoms. The molecule has 0 aliphatic rings. The van der Waals surface area contributed by atoms with Gasteiger partial charge in [-0.25, -0.2) is 4.98 Å². The van der Waals surface area contributed by atoms with Crippen LogP contribution in [-0.4, -0.2) is 20.7 Å². The topological polar surface area (TPSA) is 59.8 Å². The van der Waals surface area contributed by atoms with E-state index in [1.165, 1.54) is 28.3 Å². The minimum atomic E-state index is -4.49. The van der Waals surface area contributed by atoms with Crippen LogP contribution in [0.3, 0.4) is 0 Å². The van der Waals surface area contributed by atoms with Crippen molar-refractivity contribution >= 4 is 45.5 Å². The second kappa shape index (κ2) is 7.23. The first-order valence-electron chi connectivity index (χ1n) is 7.72. The van der Waals surface area contributed by atoms with Crippen molar-refractivity contribution < 1.29 is 18.0 Å². The lowest BCUT2D eigenvalue weighted by molar-refractivity contribution is -0.137. The molecule has 0 aliphatic heterocycles. The molecule has 0 fully saturated rings. The highest BCUT2D eigenvalue weighted by Gasteiger charge is 2.34. The summed E-state index contributed by atoms with van der Waals surface area (Å²) in [4.78, 5) is 16.9. The summed E-state index contributed by atoms with van der Waals surface area (Å²) in [5, 5.41) is 8.94. The smallest absolute Gasteiger partial charge is 0.323 e. The number of carbonyl (C=O) groups is 1. The van der Waals surface area contributed by atoms with Crippen molar-refractivity contribution in [2.24, 2.45) is 0 Å². The van der Waals surface area contributed by atoms with Crippen LogP contribution in [-0.2, 0) is 16.5 Å². The number of benzene rings is 1. The van der Waals surface area contributed by atoms with Gasteiger partial charge in [-0.2, -0.15) is 18.3 Å². The van der Waals surface area contributed by atoms with Crippen molar-refractivity contribution in [1.82, 2.24) is 14.8 Å². The Bertz CT molecular complexity index is 967. The molecule has 3 rings (SSSR count). The molecule has 5 nitrogen and oxygen atoms in total. The highest BCUT2D eigenvalue weighted by atomic mass is 127. The van der Waals surface area contributed by atoms with Crippen molar-refractivity contribution in [3.05, 3.63) is 51.3 Å². The summed E-state index contributed by atoms with van der Waals surface area (Å²) in [7, 11) is 0. The summed E-state index contributed by atoms with van der Waals surface area (Å²) in [6.07, 6.45) is 0.352. The normalized spacial score (nSPS) is 12.2. The number of nitrogens with one attached hydrogen (secondary N) is 1. The number of alkyl halides is 3. The maximum Gasteiger partial charge on any atom is 0.416 e. The van der Waals surface area contributed by atoms with Crippen molar-refractivity contribution in [3.63, 3.8) is 0 Å². The number of thiazole rings is 1. The number of anilines is 1. The lowest BCUT2D eigenvalue weighted by Gasteiger charge is -2.25. The van der Waals surface area contributed by atoms with Crippen molar-refractivity contribution in [2.75, 3.05) is 5.32 Å². The lowest BCUT2D eigenvalue weighted by atomic mass is 10.0. The van der Waals surface area contributed by atoms with E-state index in [2.05, 4.69) is 38.0 Å². The predicted molar refractivity (Wildman–Crippen MR) is 105 cm³/mol. The zero-order chi connectivity index (χ0) is 19.8. The van der Waals surface area contributed by atoms with Crippen molar-refractivity contribution in [1.29, 1.82) is 0 Å². The summed E-state index contributed by atoms with van der Waals surface area (Å²) < 4.78 is 41.7. The third-order valence-corrected chi connectivity index (χ3v) is 5.30. The fraction of sp³-hybridized carbons (Fsp3) is 0.235. The van der Waals surface area contributed by atoms with E-state index in [9.17, 15) is 18.0 Å². The highest BCUT2D eigenvalue weighted by molar-refractivity contribution is 14.1. The van der Waals surface area contributed by atoms with Crippen LogP contribution in [0.25, 0.3) is 10.6 Å². The summed E-state index contributed by atoms with van der Waals surface area (Å²) in [6.45, 7) is 3.36. The maximum atomic E-state index is 13.1. The molecule has 3 aromatic rings. The molecular weight excluding hydrogens is 492 g/mol. The van der Waals surface area contributed by atoms with E-state index in [0.29, 0.717) is 5.01 Å². The standard InChI is InChI=1S/C17H14F3IN4OS/c1-16(2,25-9-11(21)8-23-25)15(26)24-13-4-3-10(17(18,19)20)7-12(13)14-22-5-6-27-14/h3-9H,1-2H3,(H,24,26). The second-order valence-electron chi connectivity index (χ2n) is 6.21. The molecule has 142 valence electrons. The molecule has 0 saturated carbocycles. The molecule has 0 saturated heterocycles. The van der Waals surface area contributed by atoms with Crippen LogP contribution in [0.5, 0.6) is 0 Å². The predicted octanol–water partition coefficient (Wildman–Crippen LogP) is 5.00. The molecule has 1 aromatic carbocycles. The molecule has 0 bridgehead atoms. The Kier molecular flexibility index (Phi) is 5.30. The Balaban J connectivity index is 1.98. The first-order valence-corrected chi connectivity index (χ1v) is 9.68. The number of rotatable bonds is 4. The molecule has 2 heterocycles. The summed E-state index contributed by atoms with van der Waals surface area (Å²) in [5.41, 5.74) is -1.35. The van der Waals surface area contributed by atoms with E-state index in [1.54, 1.807) is 31.6 Å². The summed E-state index contributed by atoms with van der Waals surface area (Å²) in [6, 6.07) is 3.19. The number of carbonyl (C=O) groups excluding carboxylic acids is 1. The van der Waals surface area contributed by atoms with Crippen LogP contribution in [0.2, 0.25) is 0 Å². The largest absolute Gasteiger partial charge is 0.416 e. The molecule has 2 aromatic heterocycles. The van der Waals surface area contributed by atoms with Gasteiger partial charge in [0.15, 0.2) is 0 Å². The second-order valence-corrected chi connectivity index (χ2v) is 8.35. The third-order valence-electron chi connectivity index (χ3n) is 3.94. The average molecular weight is 506 g/mol. The molecule has 0 unspecified atom stereocenters. The van der Waals surface area contributed by atoms with Crippen LogP contribution in [0.1, 0.15) is 19.4 Å². The van der Waals surface area contributed by atoms with Crippen LogP contribution in [0.15, 0.2) is 42.2 Å². The van der Waals surface area contributed by atoms with E-state index in [4.69, 9.17) is 0 Å². The van der Waals surface area contributed by atoms with Gasteiger partial charge >= 0.3 is 6.18 Å². The van der Waals surface area contributed by atoms with E-state index in [0.717, 1.165) is 15.7 Å². The lowest BCUT2D eigenvalue weighted by Crippen LogP contribution is -2.40. The number of hydrogen-bond acceptors (Lipinski definition) is 4. The van der Waals surface area contributed by atoms with Gasteiger partial charge in [0.05, 0.1) is 21.0 Å². The monoisotopic (exact) mass is 506 g/mol. The van der Waals surface area contributed by atoms with Crippen LogP contribution in [0, 0.1) is 3.57 Å². The maximum absolute atomic E-state index is 13.1. The minimum absolute atomic E-state index is 0.221. The Morgan fingerprint density at radius 3 is 2.59 bits per heavy atom. The molecule has 10 heteroatoms. The fourth-order valence-corrected chi connectivity index (χ4v) is 3.41. The average Bonchev–Trinajstić information content (AvgIpc) is 3.25. The van der Waals surface area contributed by atoms with Gasteiger partial charge in [0.25, 0.3) is 5.91 Å². The Morgan fingerprint density at radius 2 is 2.04 bits per heavy atom. The van der Waals surface area contributed by atoms with Crippen molar-refractivity contribution in [2.45, 2.75) is 25.6 Å². The summed E-state index contributed by atoms with van der Waals surface area (Å²) >= 11 is 3.28. The Labute approximate surface area is 170 Å². The van der Waals surface area contributed by atoms with Gasteiger partial charge in [-0.15, -0.1) is 11.3 Å². The van der Waals surface area contributed by atoms with Gasteiger partial charge in [0.2, 0.25) is 0 Å². The van der Waals surface area contributed by atoms with E-state index < -0.39 is 23.2 Å². The Morgan fingerprint density at radius 1 is 1.30 bits per heavy atom. The third kappa shape index (κ3) is 4.15. The van der Waals surface area contributed by atoms with Gasteiger partial charge in [-0.3, -0.25) is 9.48 Å². The van der Waals surface area contributed by atoms with E-state index in [1.807, 2.05) is 0 Å². The molecule has 0 radical (unpaired) electrons. The molecule has 1 amide bonds. The fourth-order valence-electron chi connectivity index (χ4n) is 2.35.